The van der Waals surface area contributed by atoms with E-state index in [1.54, 1.807) is 30.0 Å². The first-order chi connectivity index (χ1) is 16.7. The Morgan fingerprint density at radius 1 is 1.14 bits per heavy atom. The molecule has 0 atom stereocenters. The van der Waals surface area contributed by atoms with Gasteiger partial charge in [-0.15, -0.1) is 0 Å². The Morgan fingerprint density at radius 2 is 1.83 bits per heavy atom. The van der Waals surface area contributed by atoms with Gasteiger partial charge in [-0.2, -0.15) is 5.10 Å². The molecule has 0 radical (unpaired) electrons. The van der Waals surface area contributed by atoms with Gasteiger partial charge >= 0.3 is 0 Å². The Labute approximate surface area is 203 Å². The molecule has 186 valence electrons. The zero-order valence-electron chi connectivity index (χ0n) is 20.2. The van der Waals surface area contributed by atoms with Crippen LogP contribution < -0.4 is 26.8 Å². The summed E-state index contributed by atoms with van der Waals surface area (Å²) < 4.78 is 6.84. The van der Waals surface area contributed by atoms with Crippen molar-refractivity contribution in [2.75, 3.05) is 19.4 Å². The standard InChI is InChI=1S/C24H32N8O3/c1-24(2,12-25)23(34)31-16-6-4-15(5-7-16)30-22(33)17-11-18(14-8-9-27-19(10-14)35-3)32-20(17)21(26)28-13-29-32/h8-11,13,15-16H,4-7,12,25H2,1-3H3,(H,30,33)(H,31,34)(H2,26,28,29)/t15-,16-. The first kappa shape index (κ1) is 24.4. The van der Waals surface area contributed by atoms with Gasteiger partial charge < -0.3 is 26.8 Å². The number of hydrogen-bond acceptors (Lipinski definition) is 8. The lowest BCUT2D eigenvalue weighted by molar-refractivity contribution is -0.129. The molecule has 1 aliphatic carbocycles. The topological polar surface area (TPSA) is 163 Å². The molecule has 0 aliphatic heterocycles. The number of ether oxygens (including phenoxy) is 1. The van der Waals surface area contributed by atoms with Gasteiger partial charge in [0.05, 0.1) is 23.8 Å². The Kier molecular flexibility index (Phi) is 6.88. The third kappa shape index (κ3) is 5.04. The number of rotatable bonds is 7. The molecule has 2 amide bonds. The Morgan fingerprint density at radius 3 is 2.49 bits per heavy atom. The number of carbonyl (C=O) groups excluding carboxylic acids is 2. The molecule has 1 saturated carbocycles. The number of fused-ring (bicyclic) bond motifs is 1. The molecule has 4 rings (SSSR count). The number of nitrogen functional groups attached to an aromatic ring is 1. The normalized spacial score (nSPS) is 18.3. The van der Waals surface area contributed by atoms with Gasteiger partial charge in [0.25, 0.3) is 5.91 Å². The summed E-state index contributed by atoms with van der Waals surface area (Å²) in [5, 5.41) is 10.5. The molecule has 11 nitrogen and oxygen atoms in total. The maximum absolute atomic E-state index is 13.3. The summed E-state index contributed by atoms with van der Waals surface area (Å²) in [5.74, 6) is 0.382. The second-order valence-electron chi connectivity index (χ2n) is 9.52. The molecule has 35 heavy (non-hydrogen) atoms. The Balaban J connectivity index is 1.50. The van der Waals surface area contributed by atoms with Crippen molar-refractivity contribution in [3.63, 3.8) is 0 Å². The van der Waals surface area contributed by atoms with Crippen LogP contribution in [0.2, 0.25) is 0 Å². The molecular weight excluding hydrogens is 448 g/mol. The molecule has 0 spiro atoms. The molecule has 0 unspecified atom stereocenters. The third-order valence-electron chi connectivity index (χ3n) is 6.59. The molecule has 1 aliphatic rings. The maximum atomic E-state index is 13.3. The fraction of sp³-hybridized carbons (Fsp3) is 0.458. The van der Waals surface area contributed by atoms with Crippen LogP contribution in [-0.2, 0) is 4.79 Å². The van der Waals surface area contributed by atoms with E-state index < -0.39 is 5.41 Å². The SMILES string of the molecule is COc1cc(-c2cc(C(=O)N[C@H]3CC[C@H](NC(=O)C(C)(C)CN)CC3)c3c(N)ncnn23)ccn1. The number of nitrogens with one attached hydrogen (secondary N) is 2. The van der Waals surface area contributed by atoms with Crippen LogP contribution in [0.4, 0.5) is 5.82 Å². The largest absolute Gasteiger partial charge is 0.481 e. The summed E-state index contributed by atoms with van der Waals surface area (Å²) in [7, 11) is 1.54. The highest BCUT2D eigenvalue weighted by Crippen LogP contribution is 2.29. The monoisotopic (exact) mass is 480 g/mol. The van der Waals surface area contributed by atoms with Gasteiger partial charge in [-0.05, 0) is 51.7 Å². The maximum Gasteiger partial charge on any atom is 0.253 e. The van der Waals surface area contributed by atoms with Crippen molar-refractivity contribution in [3.05, 3.63) is 36.3 Å². The van der Waals surface area contributed by atoms with Crippen LogP contribution in [0.5, 0.6) is 5.88 Å². The zero-order chi connectivity index (χ0) is 25.2. The van der Waals surface area contributed by atoms with E-state index in [1.165, 1.54) is 6.33 Å². The Bertz CT molecular complexity index is 1230. The van der Waals surface area contributed by atoms with Crippen LogP contribution in [0.15, 0.2) is 30.7 Å². The molecular formula is C24H32N8O3. The molecule has 0 aromatic carbocycles. The van der Waals surface area contributed by atoms with Crippen molar-refractivity contribution in [1.82, 2.24) is 30.2 Å². The molecule has 3 aromatic rings. The van der Waals surface area contributed by atoms with Crippen molar-refractivity contribution in [2.24, 2.45) is 11.1 Å². The van der Waals surface area contributed by atoms with Crippen molar-refractivity contribution < 1.29 is 14.3 Å². The second-order valence-corrected chi connectivity index (χ2v) is 9.52. The van der Waals surface area contributed by atoms with Crippen LogP contribution in [0.1, 0.15) is 49.9 Å². The van der Waals surface area contributed by atoms with Gasteiger partial charge in [0, 0.05) is 36.5 Å². The zero-order valence-corrected chi connectivity index (χ0v) is 20.2. The van der Waals surface area contributed by atoms with Crippen LogP contribution >= 0.6 is 0 Å². The summed E-state index contributed by atoms with van der Waals surface area (Å²) in [6.45, 7) is 3.96. The second kappa shape index (κ2) is 9.87. The lowest BCUT2D eigenvalue weighted by Crippen LogP contribution is -2.49. The molecule has 0 bridgehead atoms. The highest BCUT2D eigenvalue weighted by Gasteiger charge is 2.30. The van der Waals surface area contributed by atoms with E-state index in [1.807, 2.05) is 19.9 Å². The molecule has 1 fully saturated rings. The van der Waals surface area contributed by atoms with Crippen molar-refractivity contribution in [3.8, 4) is 17.1 Å². The van der Waals surface area contributed by atoms with Gasteiger partial charge in [0.2, 0.25) is 11.8 Å². The summed E-state index contributed by atoms with van der Waals surface area (Å²) >= 11 is 0. The highest BCUT2D eigenvalue weighted by atomic mass is 16.5. The fourth-order valence-corrected chi connectivity index (χ4v) is 4.25. The van der Waals surface area contributed by atoms with Crippen LogP contribution in [0, 0.1) is 5.41 Å². The van der Waals surface area contributed by atoms with Gasteiger partial charge in [-0.1, -0.05) is 0 Å². The smallest absolute Gasteiger partial charge is 0.253 e. The number of pyridine rings is 1. The number of amides is 2. The quantitative estimate of drug-likeness (QED) is 0.395. The van der Waals surface area contributed by atoms with Gasteiger partial charge in [0.15, 0.2) is 5.82 Å². The first-order valence-electron chi connectivity index (χ1n) is 11.7. The molecule has 6 N–H and O–H groups in total. The van der Waals surface area contributed by atoms with Crippen molar-refractivity contribution in [2.45, 2.75) is 51.6 Å². The van der Waals surface area contributed by atoms with Crippen molar-refractivity contribution >= 4 is 23.1 Å². The Hall–Kier alpha value is -3.73. The average Bonchev–Trinajstić information content (AvgIpc) is 3.26. The van der Waals surface area contributed by atoms with Crippen LogP contribution in [0.3, 0.4) is 0 Å². The molecule has 3 aromatic heterocycles. The summed E-state index contributed by atoms with van der Waals surface area (Å²) in [6.07, 6.45) is 6.05. The van der Waals surface area contributed by atoms with E-state index in [2.05, 4.69) is 25.7 Å². The third-order valence-corrected chi connectivity index (χ3v) is 6.59. The van der Waals surface area contributed by atoms with E-state index in [0.29, 0.717) is 22.7 Å². The molecule has 0 saturated heterocycles. The lowest BCUT2D eigenvalue weighted by atomic mass is 9.88. The van der Waals surface area contributed by atoms with E-state index in [-0.39, 0.29) is 36.3 Å². The molecule has 3 heterocycles. The highest BCUT2D eigenvalue weighted by molar-refractivity contribution is 6.05. The van der Waals surface area contributed by atoms with E-state index in [0.717, 1.165) is 31.2 Å². The summed E-state index contributed by atoms with van der Waals surface area (Å²) in [6, 6.07) is 5.40. The van der Waals surface area contributed by atoms with Crippen molar-refractivity contribution in [1.29, 1.82) is 0 Å². The minimum Gasteiger partial charge on any atom is -0.481 e. The van der Waals surface area contributed by atoms with Gasteiger partial charge in [0.1, 0.15) is 11.8 Å². The number of methoxy groups -OCH3 is 1. The lowest BCUT2D eigenvalue weighted by Gasteiger charge is -2.32. The number of aromatic nitrogens is 4. The minimum absolute atomic E-state index is 0.0107. The predicted molar refractivity (Wildman–Crippen MR) is 132 cm³/mol. The number of carbonyl (C=O) groups is 2. The minimum atomic E-state index is -0.597. The van der Waals surface area contributed by atoms with Gasteiger partial charge in [-0.25, -0.2) is 14.5 Å². The number of nitrogens with two attached hydrogens (primary N) is 2. The average molecular weight is 481 g/mol. The van der Waals surface area contributed by atoms with E-state index in [4.69, 9.17) is 16.2 Å². The number of anilines is 1. The number of nitrogens with zero attached hydrogens (tertiary/aromatic N) is 4. The van der Waals surface area contributed by atoms with Crippen LogP contribution in [0.25, 0.3) is 16.8 Å². The predicted octanol–water partition coefficient (Wildman–Crippen LogP) is 1.52. The summed E-state index contributed by atoms with van der Waals surface area (Å²) in [4.78, 5) is 34.0. The molecule has 11 heteroatoms. The number of hydrogen-bond donors (Lipinski definition) is 4. The van der Waals surface area contributed by atoms with Gasteiger partial charge in [-0.3, -0.25) is 9.59 Å². The first-order valence-corrected chi connectivity index (χ1v) is 11.7. The summed E-state index contributed by atoms with van der Waals surface area (Å²) in [5.41, 5.74) is 13.6. The van der Waals surface area contributed by atoms with E-state index >= 15 is 0 Å². The fourth-order valence-electron chi connectivity index (χ4n) is 4.25. The van der Waals surface area contributed by atoms with E-state index in [9.17, 15) is 9.59 Å². The van der Waals surface area contributed by atoms with Crippen LogP contribution in [-0.4, -0.2) is 57.1 Å².